The normalized spacial score (nSPS) is 12.5. The number of carboxylic acids is 1. The van der Waals surface area contributed by atoms with Gasteiger partial charge in [0.25, 0.3) is 0 Å². The first-order valence-electron chi connectivity index (χ1n) is 3.56. The summed E-state index contributed by atoms with van der Waals surface area (Å²) in [6, 6.07) is 0. The third-order valence-corrected chi connectivity index (χ3v) is 1.44. The molecule has 0 bridgehead atoms. The van der Waals surface area contributed by atoms with Gasteiger partial charge in [-0.2, -0.15) is 0 Å². The van der Waals surface area contributed by atoms with E-state index in [0.29, 0.717) is 6.42 Å². The molecular formula is C8H14O2. The molecule has 58 valence electrons. The van der Waals surface area contributed by atoms with Crippen LogP contribution in [0.3, 0.4) is 0 Å². The zero-order chi connectivity index (χ0) is 7.98. The Balaban J connectivity index is 3.71. The van der Waals surface area contributed by atoms with E-state index < -0.39 is 5.97 Å². The monoisotopic (exact) mass is 142 g/mol. The molecule has 1 N–H and O–H groups in total. The second-order valence-electron chi connectivity index (χ2n) is 2.35. The zero-order valence-corrected chi connectivity index (χ0v) is 6.34. The molecule has 0 aromatic heterocycles. The second kappa shape index (κ2) is 5.03. The maximum absolute atomic E-state index is 10.4. The van der Waals surface area contributed by atoms with Crippen LogP contribution in [0.1, 0.15) is 26.2 Å². The quantitative estimate of drug-likeness (QED) is 0.596. The molecule has 0 radical (unpaired) electrons. The second-order valence-corrected chi connectivity index (χ2v) is 2.35. The molecule has 0 rings (SSSR count). The summed E-state index contributed by atoms with van der Waals surface area (Å²) in [6.45, 7) is 5.49. The van der Waals surface area contributed by atoms with E-state index in [0.717, 1.165) is 12.8 Å². The third-order valence-electron chi connectivity index (χ3n) is 1.44. The number of aliphatic carboxylic acids is 1. The van der Waals surface area contributed by atoms with Crippen molar-refractivity contribution in [3.05, 3.63) is 12.7 Å². The Labute approximate surface area is 61.6 Å². The Hall–Kier alpha value is -0.790. The van der Waals surface area contributed by atoms with Crippen molar-refractivity contribution < 1.29 is 9.90 Å². The van der Waals surface area contributed by atoms with Crippen molar-refractivity contribution in [3.63, 3.8) is 0 Å². The van der Waals surface area contributed by atoms with Gasteiger partial charge in [-0.15, -0.1) is 6.58 Å². The van der Waals surface area contributed by atoms with Gasteiger partial charge in [-0.3, -0.25) is 4.79 Å². The minimum atomic E-state index is -0.707. The van der Waals surface area contributed by atoms with Crippen LogP contribution in [-0.2, 0) is 4.79 Å². The van der Waals surface area contributed by atoms with Gasteiger partial charge in [0.15, 0.2) is 0 Å². The third kappa shape index (κ3) is 3.28. The fourth-order valence-corrected chi connectivity index (χ4v) is 0.892. The Morgan fingerprint density at radius 1 is 1.80 bits per heavy atom. The lowest BCUT2D eigenvalue weighted by Gasteiger charge is -2.06. The van der Waals surface area contributed by atoms with Gasteiger partial charge in [0.2, 0.25) is 0 Å². The zero-order valence-electron chi connectivity index (χ0n) is 6.34. The minimum absolute atomic E-state index is 0.220. The van der Waals surface area contributed by atoms with Crippen molar-refractivity contribution >= 4 is 5.97 Å². The van der Waals surface area contributed by atoms with Gasteiger partial charge in [-0.1, -0.05) is 19.4 Å². The summed E-state index contributed by atoms with van der Waals surface area (Å²) >= 11 is 0. The minimum Gasteiger partial charge on any atom is -0.481 e. The van der Waals surface area contributed by atoms with Gasteiger partial charge in [0.05, 0.1) is 5.92 Å². The van der Waals surface area contributed by atoms with Crippen LogP contribution in [0.15, 0.2) is 12.7 Å². The van der Waals surface area contributed by atoms with Gasteiger partial charge in [-0.05, 0) is 12.8 Å². The SMILES string of the molecule is C=CC[C@@H](CCC)C(=O)O. The van der Waals surface area contributed by atoms with Crippen molar-refractivity contribution in [1.82, 2.24) is 0 Å². The summed E-state index contributed by atoms with van der Waals surface area (Å²) in [5.41, 5.74) is 0. The van der Waals surface area contributed by atoms with Crippen LogP contribution in [0.2, 0.25) is 0 Å². The molecule has 0 aliphatic carbocycles. The fourth-order valence-electron chi connectivity index (χ4n) is 0.892. The maximum atomic E-state index is 10.4. The molecule has 0 amide bonds. The maximum Gasteiger partial charge on any atom is 0.306 e. The van der Waals surface area contributed by atoms with Gasteiger partial charge >= 0.3 is 5.97 Å². The molecule has 0 spiro atoms. The van der Waals surface area contributed by atoms with Crippen molar-refractivity contribution in [3.8, 4) is 0 Å². The molecule has 0 fully saturated rings. The van der Waals surface area contributed by atoms with Crippen LogP contribution < -0.4 is 0 Å². The van der Waals surface area contributed by atoms with Crippen LogP contribution in [0.5, 0.6) is 0 Å². The van der Waals surface area contributed by atoms with E-state index in [1.165, 1.54) is 0 Å². The highest BCUT2D eigenvalue weighted by Crippen LogP contribution is 2.10. The summed E-state index contributed by atoms with van der Waals surface area (Å²) in [4.78, 5) is 10.4. The lowest BCUT2D eigenvalue weighted by atomic mass is 10.0. The standard InChI is InChI=1S/C8H14O2/c1-3-5-7(6-4-2)8(9)10/h3,7H,1,4-6H2,2H3,(H,9,10)/t7-/m0/s1. The molecule has 2 nitrogen and oxygen atoms in total. The molecule has 0 aromatic carbocycles. The van der Waals surface area contributed by atoms with Crippen LogP contribution >= 0.6 is 0 Å². The highest BCUT2D eigenvalue weighted by Gasteiger charge is 2.13. The molecule has 0 saturated heterocycles. The lowest BCUT2D eigenvalue weighted by molar-refractivity contribution is -0.141. The predicted octanol–water partition coefficient (Wildman–Crippen LogP) is 2.06. The highest BCUT2D eigenvalue weighted by molar-refractivity contribution is 5.70. The van der Waals surface area contributed by atoms with Crippen LogP contribution in [0.4, 0.5) is 0 Å². The summed E-state index contributed by atoms with van der Waals surface area (Å²) in [6.07, 6.45) is 3.92. The summed E-state index contributed by atoms with van der Waals surface area (Å²) in [7, 11) is 0. The van der Waals surface area contributed by atoms with Crippen molar-refractivity contribution in [2.75, 3.05) is 0 Å². The first kappa shape index (κ1) is 9.21. The van der Waals surface area contributed by atoms with E-state index in [-0.39, 0.29) is 5.92 Å². The van der Waals surface area contributed by atoms with Crippen LogP contribution in [0.25, 0.3) is 0 Å². The summed E-state index contributed by atoms with van der Waals surface area (Å²) in [5.74, 6) is -0.927. The fraction of sp³-hybridized carbons (Fsp3) is 0.625. The van der Waals surface area contributed by atoms with Gasteiger partial charge < -0.3 is 5.11 Å². The predicted molar refractivity (Wildman–Crippen MR) is 40.8 cm³/mol. The molecule has 0 unspecified atom stereocenters. The van der Waals surface area contributed by atoms with Crippen molar-refractivity contribution in [2.24, 2.45) is 5.92 Å². The van der Waals surface area contributed by atoms with Crippen molar-refractivity contribution in [2.45, 2.75) is 26.2 Å². The summed E-state index contributed by atoms with van der Waals surface area (Å²) in [5, 5.41) is 8.59. The molecule has 10 heavy (non-hydrogen) atoms. The summed E-state index contributed by atoms with van der Waals surface area (Å²) < 4.78 is 0. The van der Waals surface area contributed by atoms with Crippen LogP contribution in [0, 0.1) is 5.92 Å². The number of hydrogen-bond donors (Lipinski definition) is 1. The van der Waals surface area contributed by atoms with Gasteiger partial charge in [0.1, 0.15) is 0 Å². The molecule has 0 aromatic rings. The Morgan fingerprint density at radius 2 is 2.40 bits per heavy atom. The van der Waals surface area contributed by atoms with Gasteiger partial charge in [0, 0.05) is 0 Å². The average molecular weight is 142 g/mol. The lowest BCUT2D eigenvalue weighted by Crippen LogP contribution is -2.11. The van der Waals surface area contributed by atoms with E-state index in [4.69, 9.17) is 5.11 Å². The molecule has 0 aliphatic heterocycles. The molecular weight excluding hydrogens is 128 g/mol. The largest absolute Gasteiger partial charge is 0.481 e. The Morgan fingerprint density at radius 3 is 2.70 bits per heavy atom. The van der Waals surface area contributed by atoms with E-state index in [1.807, 2.05) is 6.92 Å². The number of carbonyl (C=O) groups is 1. The Kier molecular flexibility index (Phi) is 4.63. The van der Waals surface area contributed by atoms with Crippen molar-refractivity contribution in [1.29, 1.82) is 0 Å². The van der Waals surface area contributed by atoms with Gasteiger partial charge in [-0.25, -0.2) is 0 Å². The highest BCUT2D eigenvalue weighted by atomic mass is 16.4. The van der Waals surface area contributed by atoms with Crippen LogP contribution in [-0.4, -0.2) is 11.1 Å². The first-order valence-corrected chi connectivity index (χ1v) is 3.56. The Bertz CT molecular complexity index is 118. The first-order chi connectivity index (χ1) is 4.72. The number of rotatable bonds is 5. The molecule has 1 atom stereocenters. The van der Waals surface area contributed by atoms with E-state index >= 15 is 0 Å². The topological polar surface area (TPSA) is 37.3 Å². The number of allylic oxidation sites excluding steroid dienone is 1. The van der Waals surface area contributed by atoms with E-state index in [9.17, 15) is 4.79 Å². The molecule has 0 aliphatic rings. The van der Waals surface area contributed by atoms with E-state index in [1.54, 1.807) is 6.08 Å². The van der Waals surface area contributed by atoms with E-state index in [2.05, 4.69) is 6.58 Å². The molecule has 0 heterocycles. The average Bonchev–Trinajstić information content (AvgIpc) is 1.87. The number of carboxylic acid groups (broad SMARTS) is 1. The molecule has 2 heteroatoms. The number of hydrogen-bond acceptors (Lipinski definition) is 1. The smallest absolute Gasteiger partial charge is 0.306 e. The molecule has 0 saturated carbocycles.